The molecule has 0 radical (unpaired) electrons. The van der Waals surface area contributed by atoms with E-state index in [4.69, 9.17) is 9.82 Å². The van der Waals surface area contributed by atoms with Gasteiger partial charge < -0.3 is 0 Å². The van der Waals surface area contributed by atoms with Crippen molar-refractivity contribution in [2.75, 3.05) is 5.48 Å². The van der Waals surface area contributed by atoms with E-state index in [2.05, 4.69) is 51.7 Å². The van der Waals surface area contributed by atoms with Crippen LogP contribution in [0.5, 0.6) is 0 Å². The number of para-hydroxylation sites is 1. The van der Waals surface area contributed by atoms with E-state index in [1.54, 1.807) is 0 Å². The number of rotatable bonds is 2. The van der Waals surface area contributed by atoms with E-state index in [1.165, 1.54) is 0 Å². The molecular weight excluding hydrogens is 388 g/mol. The van der Waals surface area contributed by atoms with E-state index in [0.29, 0.717) is 0 Å². The maximum atomic E-state index is 6.01. The van der Waals surface area contributed by atoms with Gasteiger partial charge in [-0.3, -0.25) is 10.3 Å². The number of hydrogen-bond donors (Lipinski definition) is 1. The first-order chi connectivity index (χ1) is 12.8. The highest BCUT2D eigenvalue weighted by Crippen LogP contribution is 2.45. The molecule has 0 fully saturated rings. The Morgan fingerprint density at radius 2 is 1.58 bits per heavy atom. The molecule has 2 heterocycles. The van der Waals surface area contributed by atoms with Crippen LogP contribution < -0.4 is 5.48 Å². The van der Waals surface area contributed by atoms with E-state index >= 15 is 0 Å². The van der Waals surface area contributed by atoms with Crippen molar-refractivity contribution in [3.63, 3.8) is 0 Å². The zero-order chi connectivity index (χ0) is 17.5. The van der Waals surface area contributed by atoms with E-state index in [-0.39, 0.29) is 6.10 Å². The van der Waals surface area contributed by atoms with Crippen molar-refractivity contribution >= 4 is 32.5 Å². The second-order valence-corrected chi connectivity index (χ2v) is 7.20. The Hall–Kier alpha value is -2.69. The molecule has 1 aliphatic rings. The first-order valence-corrected chi connectivity index (χ1v) is 9.26. The molecule has 0 saturated heterocycles. The van der Waals surface area contributed by atoms with E-state index in [1.807, 2.05) is 48.5 Å². The van der Waals surface area contributed by atoms with Gasteiger partial charge >= 0.3 is 0 Å². The number of pyridine rings is 1. The second-order valence-electron chi connectivity index (χ2n) is 6.28. The van der Waals surface area contributed by atoms with Gasteiger partial charge in [-0.05, 0) is 23.8 Å². The molecule has 4 heteroatoms. The van der Waals surface area contributed by atoms with Gasteiger partial charge in [-0.2, -0.15) is 0 Å². The van der Waals surface area contributed by atoms with Gasteiger partial charge in [0.15, 0.2) is 0 Å². The molecule has 126 valence electrons. The number of halogens is 1. The molecule has 3 nitrogen and oxygen atoms in total. The fourth-order valence-electron chi connectivity index (χ4n) is 3.46. The molecule has 1 aromatic heterocycles. The summed E-state index contributed by atoms with van der Waals surface area (Å²) in [5.41, 5.74) is 9.34. The number of nitrogens with zero attached hydrogens (tertiary/aromatic N) is 1. The van der Waals surface area contributed by atoms with Gasteiger partial charge in [0.1, 0.15) is 6.10 Å². The average molecular weight is 403 g/mol. The molecule has 0 amide bonds. The number of aromatic nitrogens is 1. The maximum Gasteiger partial charge on any atom is 0.140 e. The first-order valence-electron chi connectivity index (χ1n) is 8.46. The van der Waals surface area contributed by atoms with Crippen LogP contribution in [0.3, 0.4) is 0 Å². The Labute approximate surface area is 159 Å². The largest absolute Gasteiger partial charge is 0.265 e. The summed E-state index contributed by atoms with van der Waals surface area (Å²) < 4.78 is 1.05. The van der Waals surface area contributed by atoms with Gasteiger partial charge in [-0.1, -0.05) is 76.6 Å². The van der Waals surface area contributed by atoms with Gasteiger partial charge in [0.2, 0.25) is 0 Å². The predicted molar refractivity (Wildman–Crippen MR) is 108 cm³/mol. The van der Waals surface area contributed by atoms with Crippen molar-refractivity contribution in [3.8, 4) is 11.3 Å². The van der Waals surface area contributed by atoms with Crippen molar-refractivity contribution in [1.82, 2.24) is 4.98 Å². The Kier molecular flexibility index (Phi) is 3.73. The summed E-state index contributed by atoms with van der Waals surface area (Å²) >= 11 is 3.50. The lowest BCUT2D eigenvalue weighted by atomic mass is 9.94. The molecule has 0 saturated carbocycles. The van der Waals surface area contributed by atoms with Crippen LogP contribution in [-0.4, -0.2) is 4.98 Å². The number of benzene rings is 3. The predicted octanol–water partition coefficient (Wildman–Crippen LogP) is 6.11. The number of nitrogens with one attached hydrogen (secondary N) is 1. The van der Waals surface area contributed by atoms with Crippen LogP contribution in [0.1, 0.15) is 17.2 Å². The normalized spacial score (nSPS) is 15.7. The van der Waals surface area contributed by atoms with Crippen LogP contribution in [-0.2, 0) is 4.84 Å². The van der Waals surface area contributed by atoms with Crippen LogP contribution in [0.2, 0.25) is 0 Å². The summed E-state index contributed by atoms with van der Waals surface area (Å²) in [6.07, 6.45) is -0.203. The Morgan fingerprint density at radius 3 is 2.38 bits per heavy atom. The molecule has 5 rings (SSSR count). The number of fused-ring (bicyclic) bond motifs is 3. The third-order valence-electron chi connectivity index (χ3n) is 4.69. The highest BCUT2D eigenvalue weighted by Gasteiger charge is 2.31. The van der Waals surface area contributed by atoms with Crippen LogP contribution in [0.4, 0.5) is 5.69 Å². The molecule has 0 aliphatic carbocycles. The highest BCUT2D eigenvalue weighted by atomic mass is 79.9. The molecule has 1 aliphatic heterocycles. The minimum Gasteiger partial charge on any atom is -0.265 e. The van der Waals surface area contributed by atoms with Gasteiger partial charge in [0.05, 0.1) is 16.9 Å². The average Bonchev–Trinajstić information content (AvgIpc) is 3.14. The molecule has 1 atom stereocenters. The molecule has 1 N–H and O–H groups in total. The zero-order valence-electron chi connectivity index (χ0n) is 13.8. The van der Waals surface area contributed by atoms with Crippen molar-refractivity contribution in [1.29, 1.82) is 0 Å². The Morgan fingerprint density at radius 1 is 0.846 bits per heavy atom. The van der Waals surface area contributed by atoms with Crippen LogP contribution >= 0.6 is 15.9 Å². The standard InChI is InChI=1S/C22H15BrN2O/c23-16-12-10-15(11-13-16)22-19-20(14-6-2-1-3-7-14)24-18-9-5-4-8-17(18)21(19)25-26-22/h1-13,22,25H. The third-order valence-corrected chi connectivity index (χ3v) is 5.22. The molecule has 26 heavy (non-hydrogen) atoms. The van der Waals surface area contributed by atoms with Gasteiger partial charge in [0, 0.05) is 21.0 Å². The van der Waals surface area contributed by atoms with E-state index < -0.39 is 0 Å². The molecular formula is C22H15BrN2O. The van der Waals surface area contributed by atoms with E-state index in [0.717, 1.165) is 43.4 Å². The lowest BCUT2D eigenvalue weighted by molar-refractivity contribution is 0.155. The summed E-state index contributed by atoms with van der Waals surface area (Å²) in [6, 6.07) is 26.7. The molecule has 0 spiro atoms. The lowest BCUT2D eigenvalue weighted by Crippen LogP contribution is -2.02. The molecule has 4 aromatic rings. The van der Waals surface area contributed by atoms with Crippen LogP contribution in [0.25, 0.3) is 22.2 Å². The minimum absolute atomic E-state index is 0.203. The Balaban J connectivity index is 1.79. The molecule has 1 unspecified atom stereocenters. The Bertz CT molecular complexity index is 1090. The van der Waals surface area contributed by atoms with Gasteiger partial charge in [0.25, 0.3) is 0 Å². The summed E-state index contributed by atoms with van der Waals surface area (Å²) in [7, 11) is 0. The lowest BCUT2D eigenvalue weighted by Gasteiger charge is -2.14. The van der Waals surface area contributed by atoms with Crippen molar-refractivity contribution in [2.24, 2.45) is 0 Å². The fraction of sp³-hybridized carbons (Fsp3) is 0.0455. The molecule has 0 bridgehead atoms. The highest BCUT2D eigenvalue weighted by molar-refractivity contribution is 9.10. The minimum atomic E-state index is -0.203. The monoisotopic (exact) mass is 402 g/mol. The SMILES string of the molecule is Brc1ccc(C2ONc3c2c(-c2ccccc2)nc2ccccc32)cc1. The first kappa shape index (κ1) is 15.6. The van der Waals surface area contributed by atoms with E-state index in [9.17, 15) is 0 Å². The number of anilines is 1. The van der Waals surface area contributed by atoms with Crippen LogP contribution in [0.15, 0.2) is 83.3 Å². The van der Waals surface area contributed by atoms with Gasteiger partial charge in [-0.15, -0.1) is 0 Å². The van der Waals surface area contributed by atoms with Crippen molar-refractivity contribution < 1.29 is 4.84 Å². The summed E-state index contributed by atoms with van der Waals surface area (Å²) in [4.78, 5) is 11.0. The van der Waals surface area contributed by atoms with Crippen LogP contribution in [0, 0.1) is 0 Å². The second kappa shape index (κ2) is 6.24. The maximum absolute atomic E-state index is 6.01. The van der Waals surface area contributed by atoms with Gasteiger partial charge in [-0.25, -0.2) is 4.98 Å². The van der Waals surface area contributed by atoms with Crippen molar-refractivity contribution in [2.45, 2.75) is 6.10 Å². The smallest absolute Gasteiger partial charge is 0.140 e. The third kappa shape index (κ3) is 2.50. The topological polar surface area (TPSA) is 34.1 Å². The summed E-state index contributed by atoms with van der Waals surface area (Å²) in [5.74, 6) is 0. The fourth-order valence-corrected chi connectivity index (χ4v) is 3.72. The zero-order valence-corrected chi connectivity index (χ0v) is 15.4. The number of hydrogen-bond acceptors (Lipinski definition) is 3. The quantitative estimate of drug-likeness (QED) is 0.439. The van der Waals surface area contributed by atoms with Crippen molar-refractivity contribution in [3.05, 3.63) is 94.5 Å². The summed E-state index contributed by atoms with van der Waals surface area (Å²) in [6.45, 7) is 0. The molecule has 3 aromatic carbocycles. The summed E-state index contributed by atoms with van der Waals surface area (Å²) in [5, 5.41) is 1.07.